The van der Waals surface area contributed by atoms with E-state index in [0.29, 0.717) is 6.04 Å². The topological polar surface area (TPSA) is 41.6 Å². The molecule has 1 unspecified atom stereocenters. The fourth-order valence-corrected chi connectivity index (χ4v) is 1.54. The van der Waals surface area contributed by atoms with Gasteiger partial charge in [-0.2, -0.15) is 0 Å². The second-order valence-electron chi connectivity index (χ2n) is 3.07. The standard InChI is InChI=1S/C9H13N3.2ClH/c10-5-4-8-7-12-6-2-1-3-9(12)11-8;;/h1-3,6,8H,4-5,7,10H2;2*1H. The van der Waals surface area contributed by atoms with Crippen LogP contribution in [0.15, 0.2) is 29.4 Å². The summed E-state index contributed by atoms with van der Waals surface area (Å²) in [6.07, 6.45) is 9.14. The van der Waals surface area contributed by atoms with E-state index in [0.717, 1.165) is 25.3 Å². The summed E-state index contributed by atoms with van der Waals surface area (Å²) in [4.78, 5) is 6.69. The van der Waals surface area contributed by atoms with Crippen LogP contribution < -0.4 is 5.73 Å². The highest BCUT2D eigenvalue weighted by Crippen LogP contribution is 2.15. The quantitative estimate of drug-likeness (QED) is 0.786. The van der Waals surface area contributed by atoms with E-state index >= 15 is 0 Å². The Balaban J connectivity index is 0.000000845. The van der Waals surface area contributed by atoms with E-state index in [4.69, 9.17) is 5.73 Å². The molecule has 0 aromatic heterocycles. The number of fused-ring (bicyclic) bond motifs is 1. The van der Waals surface area contributed by atoms with Gasteiger partial charge < -0.3 is 10.6 Å². The van der Waals surface area contributed by atoms with E-state index in [2.05, 4.69) is 16.1 Å². The van der Waals surface area contributed by atoms with Gasteiger partial charge in [0, 0.05) is 12.7 Å². The fourth-order valence-electron chi connectivity index (χ4n) is 1.54. The number of hydrogen-bond acceptors (Lipinski definition) is 3. The van der Waals surface area contributed by atoms with Crippen molar-refractivity contribution in [3.05, 3.63) is 24.4 Å². The molecule has 0 fully saturated rings. The van der Waals surface area contributed by atoms with Crippen LogP contribution >= 0.6 is 24.8 Å². The number of nitrogens with zero attached hydrogens (tertiary/aromatic N) is 2. The zero-order chi connectivity index (χ0) is 8.39. The monoisotopic (exact) mass is 235 g/mol. The minimum absolute atomic E-state index is 0. The molecule has 2 rings (SSSR count). The average Bonchev–Trinajstić information content (AvgIpc) is 2.47. The molecule has 3 nitrogen and oxygen atoms in total. The number of rotatable bonds is 2. The lowest BCUT2D eigenvalue weighted by molar-refractivity contribution is 0.519. The third kappa shape index (κ3) is 2.74. The van der Waals surface area contributed by atoms with Crippen molar-refractivity contribution in [2.24, 2.45) is 10.7 Å². The first kappa shape index (κ1) is 13.5. The first-order valence-corrected chi connectivity index (χ1v) is 4.29. The fraction of sp³-hybridized carbons (Fsp3) is 0.444. The summed E-state index contributed by atoms with van der Waals surface area (Å²) < 4.78 is 0. The predicted molar refractivity (Wildman–Crippen MR) is 64.4 cm³/mol. The van der Waals surface area contributed by atoms with Gasteiger partial charge >= 0.3 is 0 Å². The molecule has 2 aliphatic heterocycles. The largest absolute Gasteiger partial charge is 0.331 e. The molecule has 1 atom stereocenters. The average molecular weight is 236 g/mol. The zero-order valence-corrected chi connectivity index (χ0v) is 9.43. The van der Waals surface area contributed by atoms with Crippen LogP contribution in [0.2, 0.25) is 0 Å². The highest BCUT2D eigenvalue weighted by molar-refractivity contribution is 5.96. The molecular weight excluding hydrogens is 221 g/mol. The maximum absolute atomic E-state index is 5.47. The van der Waals surface area contributed by atoms with E-state index in [1.807, 2.05) is 18.2 Å². The highest BCUT2D eigenvalue weighted by atomic mass is 35.5. The number of halogens is 2. The van der Waals surface area contributed by atoms with Crippen molar-refractivity contribution in [2.45, 2.75) is 12.5 Å². The summed E-state index contributed by atoms with van der Waals surface area (Å²) in [6, 6.07) is 0.400. The van der Waals surface area contributed by atoms with Crippen LogP contribution in [0.25, 0.3) is 0 Å². The van der Waals surface area contributed by atoms with Gasteiger partial charge in [0.1, 0.15) is 5.84 Å². The molecule has 0 aromatic rings. The van der Waals surface area contributed by atoms with Gasteiger partial charge in [-0.3, -0.25) is 4.99 Å². The number of allylic oxidation sites excluding steroid dienone is 2. The second kappa shape index (κ2) is 6.06. The molecule has 2 N–H and O–H groups in total. The molecule has 2 heterocycles. The lowest BCUT2D eigenvalue weighted by atomic mass is 10.2. The summed E-state index contributed by atoms with van der Waals surface area (Å²) in [7, 11) is 0. The Morgan fingerprint density at radius 2 is 2.21 bits per heavy atom. The van der Waals surface area contributed by atoms with Gasteiger partial charge in [0.2, 0.25) is 0 Å². The number of aliphatic imine (C=N–C) groups is 1. The van der Waals surface area contributed by atoms with Gasteiger partial charge in [-0.1, -0.05) is 6.08 Å². The van der Waals surface area contributed by atoms with Crippen LogP contribution in [0, 0.1) is 0 Å². The molecule has 0 spiro atoms. The Morgan fingerprint density at radius 3 is 2.86 bits per heavy atom. The van der Waals surface area contributed by atoms with Crippen molar-refractivity contribution in [2.75, 3.05) is 13.1 Å². The third-order valence-electron chi connectivity index (χ3n) is 2.14. The summed E-state index contributed by atoms with van der Waals surface area (Å²) in [5.41, 5.74) is 5.47. The van der Waals surface area contributed by atoms with Gasteiger partial charge in [0.05, 0.1) is 6.04 Å². The number of amidine groups is 1. The van der Waals surface area contributed by atoms with Gasteiger partial charge in [-0.05, 0) is 25.1 Å². The molecule has 0 saturated carbocycles. The van der Waals surface area contributed by atoms with Crippen molar-refractivity contribution in [1.29, 1.82) is 0 Å². The van der Waals surface area contributed by atoms with Crippen molar-refractivity contribution < 1.29 is 0 Å². The molecule has 5 heteroatoms. The first-order valence-electron chi connectivity index (χ1n) is 4.29. The minimum atomic E-state index is 0. The molecule has 0 radical (unpaired) electrons. The van der Waals surface area contributed by atoms with Crippen LogP contribution in [-0.2, 0) is 0 Å². The Labute approximate surface area is 96.6 Å². The second-order valence-corrected chi connectivity index (χ2v) is 3.07. The van der Waals surface area contributed by atoms with E-state index in [1.54, 1.807) is 0 Å². The lowest BCUT2D eigenvalue weighted by Crippen LogP contribution is -2.24. The summed E-state index contributed by atoms with van der Waals surface area (Å²) in [5, 5.41) is 0. The summed E-state index contributed by atoms with van der Waals surface area (Å²) in [6.45, 7) is 1.72. The molecule has 0 bridgehead atoms. The Bertz CT molecular complexity index is 261. The lowest BCUT2D eigenvalue weighted by Gasteiger charge is -2.15. The maximum Gasteiger partial charge on any atom is 0.127 e. The van der Waals surface area contributed by atoms with Crippen LogP contribution in [0.3, 0.4) is 0 Å². The predicted octanol–water partition coefficient (Wildman–Crippen LogP) is 1.35. The van der Waals surface area contributed by atoms with Crippen molar-refractivity contribution >= 4 is 30.6 Å². The molecule has 0 aliphatic carbocycles. The van der Waals surface area contributed by atoms with Gasteiger partial charge in [-0.25, -0.2) is 0 Å². The van der Waals surface area contributed by atoms with Crippen molar-refractivity contribution in [1.82, 2.24) is 4.90 Å². The van der Waals surface area contributed by atoms with Crippen LogP contribution in [0.1, 0.15) is 6.42 Å². The number of nitrogens with two attached hydrogens (primary N) is 1. The smallest absolute Gasteiger partial charge is 0.127 e. The third-order valence-corrected chi connectivity index (χ3v) is 2.14. The molecule has 14 heavy (non-hydrogen) atoms. The molecule has 2 aliphatic rings. The van der Waals surface area contributed by atoms with Gasteiger partial charge in [-0.15, -0.1) is 24.8 Å². The first-order chi connectivity index (χ1) is 5.90. The zero-order valence-electron chi connectivity index (χ0n) is 7.80. The molecule has 80 valence electrons. The molecule has 0 amide bonds. The Kier molecular flexibility index (Phi) is 5.84. The summed E-state index contributed by atoms with van der Waals surface area (Å²) >= 11 is 0. The van der Waals surface area contributed by atoms with E-state index in [1.165, 1.54) is 0 Å². The van der Waals surface area contributed by atoms with Gasteiger partial charge in [0.25, 0.3) is 0 Å². The Hall–Kier alpha value is -0.510. The van der Waals surface area contributed by atoms with E-state index in [-0.39, 0.29) is 24.8 Å². The number of hydrogen-bond donors (Lipinski definition) is 1. The normalized spacial score (nSPS) is 22.2. The summed E-state index contributed by atoms with van der Waals surface area (Å²) in [5.74, 6) is 1.08. The van der Waals surface area contributed by atoms with Crippen LogP contribution in [-0.4, -0.2) is 29.9 Å². The molecular formula is C9H15Cl2N3. The van der Waals surface area contributed by atoms with E-state index in [9.17, 15) is 0 Å². The van der Waals surface area contributed by atoms with Crippen molar-refractivity contribution in [3.63, 3.8) is 0 Å². The molecule has 0 saturated heterocycles. The SMILES string of the molecule is Cl.Cl.NCCC1CN2C=CC=CC2=N1. The van der Waals surface area contributed by atoms with Crippen molar-refractivity contribution in [3.8, 4) is 0 Å². The van der Waals surface area contributed by atoms with Gasteiger partial charge in [0.15, 0.2) is 0 Å². The van der Waals surface area contributed by atoms with E-state index < -0.39 is 0 Å². The van der Waals surface area contributed by atoms with Crippen LogP contribution in [0.5, 0.6) is 0 Å². The maximum atomic E-state index is 5.47. The Morgan fingerprint density at radius 1 is 1.43 bits per heavy atom. The minimum Gasteiger partial charge on any atom is -0.331 e. The highest BCUT2D eigenvalue weighted by Gasteiger charge is 2.21. The van der Waals surface area contributed by atoms with Crippen LogP contribution in [0.4, 0.5) is 0 Å². The molecule has 0 aromatic carbocycles.